The number of hydrogen-bond donors (Lipinski definition) is 2. The van der Waals surface area contributed by atoms with E-state index in [0.29, 0.717) is 6.54 Å². The van der Waals surface area contributed by atoms with Gasteiger partial charge < -0.3 is 14.6 Å². The summed E-state index contributed by atoms with van der Waals surface area (Å²) in [6.45, 7) is 4.14. The molecule has 7 heteroatoms. The maximum absolute atomic E-state index is 13.2. The first-order chi connectivity index (χ1) is 13.8. The first kappa shape index (κ1) is 20.3. The Morgan fingerprint density at radius 1 is 1.14 bits per heavy atom. The summed E-state index contributed by atoms with van der Waals surface area (Å²) in [5.74, 6) is 1.27. The largest absolute Gasteiger partial charge is 0.460 e. The highest BCUT2D eigenvalue weighted by molar-refractivity contribution is 5.96. The second kappa shape index (κ2) is 8.70. The Kier molecular flexibility index (Phi) is 6.09. The number of carbonyl (C=O) groups excluding carboxylic acids is 1. The van der Waals surface area contributed by atoms with Crippen molar-refractivity contribution < 1.29 is 19.0 Å². The summed E-state index contributed by atoms with van der Waals surface area (Å²) in [6, 6.07) is 17.4. The lowest BCUT2D eigenvalue weighted by molar-refractivity contribution is -0.916. The summed E-state index contributed by atoms with van der Waals surface area (Å²) in [7, 11) is 1.90. The molecule has 2 N–H and O–H groups in total. The quantitative estimate of drug-likeness (QED) is 0.476. The molecule has 0 spiro atoms. The normalized spacial score (nSPS) is 12.9. The topological polar surface area (TPSA) is 89.8 Å². The van der Waals surface area contributed by atoms with E-state index in [1.165, 1.54) is 6.07 Å². The molecule has 3 rings (SSSR count). The Bertz CT molecular complexity index is 1010. The smallest absolute Gasteiger partial charge is 0.293 e. The fraction of sp³-hybridized carbons (Fsp3) is 0.227. The monoisotopic (exact) mass is 394 g/mol. The first-order valence-corrected chi connectivity index (χ1v) is 9.33. The summed E-state index contributed by atoms with van der Waals surface area (Å²) in [6.07, 6.45) is 0. The SMILES string of the molecule is Cc1ccc(NC(=O)[C@@H](c2ccccc2)[NH+](C)Cc2ccc(C)o2)c([N+](=O)[O-])c1. The van der Waals surface area contributed by atoms with Crippen LogP contribution in [0.3, 0.4) is 0 Å². The van der Waals surface area contributed by atoms with Crippen molar-refractivity contribution in [3.63, 3.8) is 0 Å². The minimum Gasteiger partial charge on any atom is -0.460 e. The van der Waals surface area contributed by atoms with E-state index in [1.807, 2.05) is 56.4 Å². The van der Waals surface area contributed by atoms with Gasteiger partial charge in [0.25, 0.3) is 11.6 Å². The van der Waals surface area contributed by atoms with Crippen LogP contribution in [0, 0.1) is 24.0 Å². The van der Waals surface area contributed by atoms with Gasteiger partial charge in [-0.3, -0.25) is 14.9 Å². The molecule has 1 unspecified atom stereocenters. The number of hydrogen-bond acceptors (Lipinski definition) is 4. The molecule has 0 aliphatic rings. The van der Waals surface area contributed by atoms with E-state index >= 15 is 0 Å². The number of quaternary nitrogens is 1. The standard InChI is InChI=1S/C22H23N3O4/c1-15-9-12-19(20(13-15)25(27)28)23-22(26)21(17-7-5-4-6-8-17)24(3)14-18-11-10-16(2)29-18/h4-13,21H,14H2,1-3H3,(H,23,26)/p+1/t21-/m1/s1. The minimum absolute atomic E-state index is 0.121. The van der Waals surface area contributed by atoms with Crippen molar-refractivity contribution in [2.45, 2.75) is 26.4 Å². The number of nitrogens with zero attached hydrogens (tertiary/aromatic N) is 1. The lowest BCUT2D eigenvalue weighted by Crippen LogP contribution is -3.09. The number of anilines is 1. The van der Waals surface area contributed by atoms with E-state index in [-0.39, 0.29) is 17.3 Å². The van der Waals surface area contributed by atoms with Crippen LogP contribution in [-0.2, 0) is 11.3 Å². The van der Waals surface area contributed by atoms with Gasteiger partial charge in [0, 0.05) is 11.6 Å². The number of carbonyl (C=O) groups is 1. The van der Waals surface area contributed by atoms with Crippen molar-refractivity contribution in [3.05, 3.63) is 93.4 Å². The van der Waals surface area contributed by atoms with Gasteiger partial charge in [-0.15, -0.1) is 0 Å². The van der Waals surface area contributed by atoms with Crippen molar-refractivity contribution >= 4 is 17.3 Å². The van der Waals surface area contributed by atoms with E-state index in [1.54, 1.807) is 19.1 Å². The zero-order valence-corrected chi connectivity index (χ0v) is 16.6. The number of furan rings is 1. The van der Waals surface area contributed by atoms with Crippen molar-refractivity contribution in [3.8, 4) is 0 Å². The summed E-state index contributed by atoms with van der Waals surface area (Å²) in [4.78, 5) is 25.0. The van der Waals surface area contributed by atoms with Gasteiger partial charge >= 0.3 is 0 Å². The Hall–Kier alpha value is -3.45. The Labute approximate surface area is 169 Å². The lowest BCUT2D eigenvalue weighted by Gasteiger charge is -2.24. The average molecular weight is 394 g/mol. The third kappa shape index (κ3) is 4.89. The third-order valence-electron chi connectivity index (χ3n) is 4.74. The zero-order valence-electron chi connectivity index (χ0n) is 16.6. The highest BCUT2D eigenvalue weighted by Gasteiger charge is 2.31. The van der Waals surface area contributed by atoms with E-state index < -0.39 is 11.0 Å². The van der Waals surface area contributed by atoms with Crippen molar-refractivity contribution in [2.75, 3.05) is 12.4 Å². The fourth-order valence-corrected chi connectivity index (χ4v) is 3.37. The molecule has 3 aromatic rings. The highest BCUT2D eigenvalue weighted by atomic mass is 16.6. The molecule has 0 fully saturated rings. The molecule has 150 valence electrons. The van der Waals surface area contributed by atoms with E-state index in [9.17, 15) is 14.9 Å². The van der Waals surface area contributed by atoms with E-state index in [2.05, 4.69) is 5.32 Å². The van der Waals surface area contributed by atoms with Gasteiger partial charge in [-0.1, -0.05) is 36.4 Å². The number of nitro benzene ring substituents is 1. The number of likely N-dealkylation sites (N-methyl/N-ethyl adjacent to an activating group) is 1. The molecule has 2 atom stereocenters. The maximum Gasteiger partial charge on any atom is 0.293 e. The number of amides is 1. The summed E-state index contributed by atoms with van der Waals surface area (Å²) in [5.41, 5.74) is 1.64. The lowest BCUT2D eigenvalue weighted by atomic mass is 10.0. The fourth-order valence-electron chi connectivity index (χ4n) is 3.37. The molecule has 7 nitrogen and oxygen atoms in total. The van der Waals surface area contributed by atoms with Crippen LogP contribution in [0.25, 0.3) is 0 Å². The molecule has 0 aliphatic heterocycles. The second-order valence-electron chi connectivity index (χ2n) is 7.15. The maximum atomic E-state index is 13.2. The predicted octanol–water partition coefficient (Wildman–Crippen LogP) is 3.20. The number of aryl methyl sites for hydroxylation is 2. The molecule has 0 saturated carbocycles. The van der Waals surface area contributed by atoms with Gasteiger partial charge in [0.15, 0.2) is 11.8 Å². The van der Waals surface area contributed by atoms with Crippen LogP contribution < -0.4 is 10.2 Å². The van der Waals surface area contributed by atoms with Gasteiger partial charge in [0.1, 0.15) is 18.0 Å². The van der Waals surface area contributed by atoms with Crippen LogP contribution >= 0.6 is 0 Å². The van der Waals surface area contributed by atoms with Crippen LogP contribution in [-0.4, -0.2) is 17.9 Å². The van der Waals surface area contributed by atoms with Gasteiger partial charge in [0.05, 0.1) is 12.0 Å². The first-order valence-electron chi connectivity index (χ1n) is 9.33. The molecular formula is C22H24N3O4+. The molecule has 2 aromatic carbocycles. The van der Waals surface area contributed by atoms with Crippen LogP contribution in [0.4, 0.5) is 11.4 Å². The molecule has 1 heterocycles. The van der Waals surface area contributed by atoms with E-state index in [4.69, 9.17) is 4.42 Å². The Morgan fingerprint density at radius 3 is 2.48 bits per heavy atom. The van der Waals surface area contributed by atoms with Gasteiger partial charge in [-0.2, -0.15) is 0 Å². The van der Waals surface area contributed by atoms with Crippen LogP contribution in [0.15, 0.2) is 65.1 Å². The third-order valence-corrected chi connectivity index (χ3v) is 4.74. The molecule has 0 aliphatic carbocycles. The van der Waals surface area contributed by atoms with E-state index in [0.717, 1.165) is 27.5 Å². The van der Waals surface area contributed by atoms with Crippen molar-refractivity contribution in [1.29, 1.82) is 0 Å². The molecule has 0 bridgehead atoms. The molecule has 0 saturated heterocycles. The number of rotatable bonds is 7. The molecule has 1 amide bonds. The zero-order chi connectivity index (χ0) is 21.0. The average Bonchev–Trinajstić information content (AvgIpc) is 3.08. The summed E-state index contributed by atoms with van der Waals surface area (Å²) >= 11 is 0. The highest BCUT2D eigenvalue weighted by Crippen LogP contribution is 2.26. The second-order valence-corrected chi connectivity index (χ2v) is 7.15. The van der Waals surface area contributed by atoms with Gasteiger partial charge in [-0.25, -0.2) is 0 Å². The molecule has 29 heavy (non-hydrogen) atoms. The van der Waals surface area contributed by atoms with Crippen LogP contribution in [0.5, 0.6) is 0 Å². The minimum atomic E-state index is -0.567. The molecular weight excluding hydrogens is 370 g/mol. The number of nitro groups is 1. The summed E-state index contributed by atoms with van der Waals surface area (Å²) < 4.78 is 5.66. The van der Waals surface area contributed by atoms with Crippen LogP contribution in [0.2, 0.25) is 0 Å². The Balaban J connectivity index is 1.90. The predicted molar refractivity (Wildman–Crippen MR) is 110 cm³/mol. The molecule has 0 radical (unpaired) electrons. The van der Waals surface area contributed by atoms with Crippen LogP contribution in [0.1, 0.15) is 28.7 Å². The number of benzene rings is 2. The molecule has 1 aromatic heterocycles. The van der Waals surface area contributed by atoms with Gasteiger partial charge in [-0.05, 0) is 37.6 Å². The Morgan fingerprint density at radius 2 is 1.86 bits per heavy atom. The van der Waals surface area contributed by atoms with Gasteiger partial charge in [0.2, 0.25) is 0 Å². The van der Waals surface area contributed by atoms with Crippen molar-refractivity contribution in [1.82, 2.24) is 0 Å². The summed E-state index contributed by atoms with van der Waals surface area (Å²) in [5, 5.41) is 14.2. The van der Waals surface area contributed by atoms with Crippen molar-refractivity contribution in [2.24, 2.45) is 0 Å². The number of nitrogens with one attached hydrogen (secondary N) is 2.